The van der Waals surface area contributed by atoms with Gasteiger partial charge in [-0.15, -0.1) is 0 Å². The molecule has 2 unspecified atom stereocenters. The van der Waals surface area contributed by atoms with Crippen LogP contribution in [0.2, 0.25) is 0 Å². The van der Waals surface area contributed by atoms with Crippen molar-refractivity contribution in [1.29, 1.82) is 0 Å². The summed E-state index contributed by atoms with van der Waals surface area (Å²) in [4.78, 5) is 26.9. The van der Waals surface area contributed by atoms with Crippen molar-refractivity contribution < 1.29 is 27.9 Å². The molecule has 31 heavy (non-hydrogen) atoms. The van der Waals surface area contributed by atoms with Crippen LogP contribution in [0.15, 0.2) is 30.3 Å². The van der Waals surface area contributed by atoms with E-state index in [4.69, 9.17) is 13.8 Å². The van der Waals surface area contributed by atoms with Crippen LogP contribution in [-0.2, 0) is 23.4 Å². The van der Waals surface area contributed by atoms with Gasteiger partial charge in [-0.2, -0.15) is 5.09 Å². The summed E-state index contributed by atoms with van der Waals surface area (Å²) in [5.74, 6) is 0.269. The fraction of sp³-hybridized carbons (Fsp3) is 0.636. The average molecular weight is 452 g/mol. The van der Waals surface area contributed by atoms with E-state index in [0.717, 1.165) is 32.4 Å². The van der Waals surface area contributed by atoms with Gasteiger partial charge in [-0.3, -0.25) is 19.0 Å². The van der Waals surface area contributed by atoms with Gasteiger partial charge in [0.25, 0.3) is 0 Å². The number of nitrogens with zero attached hydrogens (tertiary/aromatic N) is 1. The van der Waals surface area contributed by atoms with Gasteiger partial charge in [0.2, 0.25) is 0 Å². The minimum atomic E-state index is -3.94. The summed E-state index contributed by atoms with van der Waals surface area (Å²) in [7, 11) is -3.94. The number of ketones is 1. The highest BCUT2D eigenvalue weighted by molar-refractivity contribution is 7.52. The van der Waals surface area contributed by atoms with Crippen LogP contribution in [0.5, 0.6) is 5.75 Å². The molecule has 0 saturated carbocycles. The topological polar surface area (TPSA) is 94.2 Å². The number of esters is 1. The molecule has 0 aliphatic carbocycles. The van der Waals surface area contributed by atoms with Crippen LogP contribution in [-0.4, -0.2) is 55.0 Å². The second-order valence-corrected chi connectivity index (χ2v) is 9.95. The maximum atomic E-state index is 13.5. The molecule has 172 valence electrons. The minimum Gasteiger partial charge on any atom is -0.464 e. The smallest absolute Gasteiger partial charge is 0.459 e. The number of Topliss-reactive ketones (excluding diaryl/α,β-unsaturated/α-hetero) is 1. The Morgan fingerprint density at radius 3 is 2.58 bits per heavy atom. The molecule has 2 fully saturated rings. The highest BCUT2D eigenvalue weighted by Gasteiger charge is 2.46. The number of hydrogen-bond donors (Lipinski definition) is 1. The lowest BCUT2D eigenvalue weighted by Crippen LogP contribution is -2.41. The normalized spacial score (nSPS) is 25.4. The zero-order valence-corrected chi connectivity index (χ0v) is 19.4. The summed E-state index contributed by atoms with van der Waals surface area (Å²) in [5, 5.41) is 2.69. The zero-order chi connectivity index (χ0) is 22.4. The van der Waals surface area contributed by atoms with Crippen LogP contribution in [0.3, 0.4) is 0 Å². The van der Waals surface area contributed by atoms with Crippen molar-refractivity contribution in [2.24, 2.45) is 11.8 Å². The first-order chi connectivity index (χ1) is 14.8. The van der Waals surface area contributed by atoms with Gasteiger partial charge in [-0.1, -0.05) is 44.9 Å². The minimum absolute atomic E-state index is 0.0370. The van der Waals surface area contributed by atoms with Crippen molar-refractivity contribution in [3.8, 4) is 5.75 Å². The maximum Gasteiger partial charge on any atom is 0.459 e. The lowest BCUT2D eigenvalue weighted by Gasteiger charge is -2.27. The van der Waals surface area contributed by atoms with Crippen molar-refractivity contribution in [1.82, 2.24) is 9.99 Å². The van der Waals surface area contributed by atoms with Gasteiger partial charge in [0.15, 0.2) is 5.78 Å². The molecule has 1 N–H and O–H groups in total. The van der Waals surface area contributed by atoms with Crippen LogP contribution in [0.25, 0.3) is 0 Å². The molecule has 5 atom stereocenters. The van der Waals surface area contributed by atoms with E-state index >= 15 is 0 Å². The highest BCUT2D eigenvalue weighted by Crippen LogP contribution is 2.46. The summed E-state index contributed by atoms with van der Waals surface area (Å²) in [6.07, 6.45) is 2.69. The lowest BCUT2D eigenvalue weighted by atomic mass is 9.99. The number of para-hydroxylation sites is 1. The number of benzene rings is 1. The molecule has 2 heterocycles. The molecule has 0 amide bonds. The van der Waals surface area contributed by atoms with Crippen LogP contribution in [0.1, 0.15) is 40.0 Å². The molecule has 2 aliphatic heterocycles. The number of ether oxygens (including phenoxy) is 1. The Bertz CT molecular complexity index is 800. The molecule has 0 aromatic heterocycles. The first kappa shape index (κ1) is 23.9. The lowest BCUT2D eigenvalue weighted by molar-refractivity contribution is -0.146. The Balaban J connectivity index is 1.64. The molecule has 1 aromatic rings. The predicted octanol–water partition coefficient (Wildman–Crippen LogP) is 3.42. The number of hydrogen-bond acceptors (Lipinski definition) is 7. The quantitative estimate of drug-likeness (QED) is 0.381. The van der Waals surface area contributed by atoms with Crippen LogP contribution < -0.4 is 9.61 Å². The first-order valence-corrected chi connectivity index (χ1v) is 12.6. The summed E-state index contributed by atoms with van der Waals surface area (Å²) in [6.45, 7) is 7.48. The van der Waals surface area contributed by atoms with E-state index in [2.05, 4.69) is 5.09 Å². The number of carbonyl (C=O) groups excluding carboxylic acids is 2. The Morgan fingerprint density at radius 1 is 1.26 bits per heavy atom. The van der Waals surface area contributed by atoms with Crippen LogP contribution >= 0.6 is 7.75 Å². The fourth-order valence-electron chi connectivity index (χ4n) is 3.96. The third-order valence-electron chi connectivity index (χ3n) is 6.08. The highest BCUT2D eigenvalue weighted by atomic mass is 31.2. The van der Waals surface area contributed by atoms with Crippen LogP contribution in [0, 0.1) is 11.8 Å². The third kappa shape index (κ3) is 6.16. The van der Waals surface area contributed by atoms with Gasteiger partial charge in [-0.05, 0) is 37.9 Å². The van der Waals surface area contributed by atoms with E-state index in [1.807, 2.05) is 24.8 Å². The maximum absolute atomic E-state index is 13.5. The van der Waals surface area contributed by atoms with Gasteiger partial charge in [0.1, 0.15) is 11.8 Å². The van der Waals surface area contributed by atoms with Crippen LogP contribution in [0.4, 0.5) is 0 Å². The van der Waals surface area contributed by atoms with E-state index < -0.39 is 25.8 Å². The standard InChI is InChI=1S/C22H33N2O6P/c1-4-17(5-2)14-28-22(26)16(3)23-31(27,30-19-9-7-6-8-10-19)29-15-20-21(25)18-11-12-24(20)13-18/h6-10,16-18,20H,4-5,11-15H2,1-3H3,(H,23,27)/t16-,18-,20-,31?/m0/s1. The van der Waals surface area contributed by atoms with Gasteiger partial charge in [0.05, 0.1) is 19.3 Å². The second kappa shape index (κ2) is 10.7. The summed E-state index contributed by atoms with van der Waals surface area (Å²) in [5.41, 5.74) is 0. The Hall–Kier alpha value is -1.73. The third-order valence-corrected chi connectivity index (χ3v) is 7.73. The van der Waals surface area contributed by atoms with Crippen molar-refractivity contribution >= 4 is 19.5 Å². The summed E-state index contributed by atoms with van der Waals surface area (Å²) in [6, 6.07) is 7.28. The predicted molar refractivity (Wildman–Crippen MR) is 117 cm³/mol. The van der Waals surface area contributed by atoms with E-state index in [-0.39, 0.29) is 24.2 Å². The zero-order valence-electron chi connectivity index (χ0n) is 18.5. The van der Waals surface area contributed by atoms with Crippen molar-refractivity contribution in [2.75, 3.05) is 26.3 Å². The van der Waals surface area contributed by atoms with E-state index in [1.165, 1.54) is 0 Å². The largest absolute Gasteiger partial charge is 0.464 e. The Kier molecular flexibility index (Phi) is 8.28. The first-order valence-electron chi connectivity index (χ1n) is 11.1. The van der Waals surface area contributed by atoms with E-state index in [1.54, 1.807) is 31.2 Å². The molecule has 2 bridgehead atoms. The molecule has 9 heteroatoms. The molecular weight excluding hydrogens is 419 g/mol. The second-order valence-electron chi connectivity index (χ2n) is 8.26. The van der Waals surface area contributed by atoms with Gasteiger partial charge in [0, 0.05) is 12.5 Å². The molecular formula is C22H33N2O6P. The molecule has 0 spiro atoms. The van der Waals surface area contributed by atoms with Gasteiger partial charge < -0.3 is 9.26 Å². The summed E-state index contributed by atoms with van der Waals surface area (Å²) >= 11 is 0. The molecule has 2 saturated heterocycles. The number of fused-ring (bicyclic) bond motifs is 2. The molecule has 2 aliphatic rings. The number of piperidine rings is 1. The van der Waals surface area contributed by atoms with Gasteiger partial charge >= 0.3 is 13.7 Å². The molecule has 0 radical (unpaired) electrons. The molecule has 3 rings (SSSR count). The van der Waals surface area contributed by atoms with E-state index in [9.17, 15) is 14.2 Å². The number of nitrogens with one attached hydrogen (secondary N) is 1. The SMILES string of the molecule is CCC(CC)COC(=O)[C@H](C)NP(=O)(OC[C@H]1C(=O)[C@H]2CCN1C2)Oc1ccccc1. The fourth-order valence-corrected chi connectivity index (χ4v) is 5.46. The Labute approximate surface area is 184 Å². The molecule has 8 nitrogen and oxygen atoms in total. The van der Waals surface area contributed by atoms with Crippen molar-refractivity contribution in [2.45, 2.75) is 52.1 Å². The number of carbonyl (C=O) groups is 2. The monoisotopic (exact) mass is 452 g/mol. The van der Waals surface area contributed by atoms with E-state index in [0.29, 0.717) is 12.4 Å². The van der Waals surface area contributed by atoms with Crippen molar-refractivity contribution in [3.63, 3.8) is 0 Å². The van der Waals surface area contributed by atoms with Gasteiger partial charge in [-0.25, -0.2) is 4.57 Å². The number of rotatable bonds is 12. The summed E-state index contributed by atoms with van der Waals surface area (Å²) < 4.78 is 30.2. The average Bonchev–Trinajstić information content (AvgIpc) is 3.35. The molecule has 1 aromatic carbocycles. The Morgan fingerprint density at radius 2 is 1.97 bits per heavy atom. The van der Waals surface area contributed by atoms with Crippen molar-refractivity contribution in [3.05, 3.63) is 30.3 Å².